The van der Waals surface area contributed by atoms with Gasteiger partial charge >= 0.3 is 8.80 Å². The summed E-state index contributed by atoms with van der Waals surface area (Å²) in [4.78, 5) is 0. The van der Waals surface area contributed by atoms with Crippen LogP contribution in [0.2, 0.25) is 0 Å². The van der Waals surface area contributed by atoms with E-state index in [0.717, 1.165) is 11.6 Å². The molecule has 1 aromatic carbocycles. The Morgan fingerprint density at radius 1 is 0.727 bits per heavy atom. The van der Waals surface area contributed by atoms with Crippen LogP contribution in [0.15, 0.2) is 24.3 Å². The maximum absolute atomic E-state index is 5.94. The standard InChI is InChI=1S/C18H32O3Si/c1-5-9-10-11-12-17-13-15-18(16-14-17)22(19-6-2,20-7-3)21-8-4/h13-16H,5-12H2,1-4H3. The average Bonchev–Trinajstić information content (AvgIpc) is 2.53. The second-order valence-electron chi connectivity index (χ2n) is 5.36. The van der Waals surface area contributed by atoms with Gasteiger partial charge in [-0.1, -0.05) is 50.5 Å². The molecule has 0 aliphatic rings. The monoisotopic (exact) mass is 324 g/mol. The molecular formula is C18H32O3Si. The fourth-order valence-electron chi connectivity index (χ4n) is 2.58. The summed E-state index contributed by atoms with van der Waals surface area (Å²) in [5.41, 5.74) is 1.38. The predicted octanol–water partition coefficient (Wildman–Crippen LogP) is 4.06. The van der Waals surface area contributed by atoms with Crippen molar-refractivity contribution in [1.82, 2.24) is 0 Å². The molecule has 0 aliphatic heterocycles. The minimum Gasteiger partial charge on any atom is -0.370 e. The van der Waals surface area contributed by atoms with E-state index in [2.05, 4.69) is 31.2 Å². The first kappa shape index (κ1) is 19.4. The molecule has 4 heteroatoms. The molecule has 0 unspecified atom stereocenters. The van der Waals surface area contributed by atoms with Gasteiger partial charge in [0.15, 0.2) is 0 Å². The summed E-state index contributed by atoms with van der Waals surface area (Å²) in [5.74, 6) is 0. The lowest BCUT2D eigenvalue weighted by Gasteiger charge is -2.28. The molecule has 0 amide bonds. The van der Waals surface area contributed by atoms with E-state index < -0.39 is 8.80 Å². The number of hydrogen-bond acceptors (Lipinski definition) is 3. The van der Waals surface area contributed by atoms with Gasteiger partial charge in [-0.05, 0) is 39.2 Å². The number of aryl methyl sites for hydroxylation is 1. The Morgan fingerprint density at radius 3 is 1.73 bits per heavy atom. The van der Waals surface area contributed by atoms with Gasteiger partial charge in [-0.25, -0.2) is 0 Å². The minimum atomic E-state index is -2.74. The highest BCUT2D eigenvalue weighted by Crippen LogP contribution is 2.13. The van der Waals surface area contributed by atoms with E-state index in [1.165, 1.54) is 31.2 Å². The van der Waals surface area contributed by atoms with Crippen molar-refractivity contribution < 1.29 is 13.3 Å². The van der Waals surface area contributed by atoms with Gasteiger partial charge < -0.3 is 13.3 Å². The van der Waals surface area contributed by atoms with Gasteiger partial charge in [0.2, 0.25) is 0 Å². The fraction of sp³-hybridized carbons (Fsp3) is 0.667. The first-order chi connectivity index (χ1) is 10.7. The second-order valence-corrected chi connectivity index (χ2v) is 7.92. The van der Waals surface area contributed by atoms with Crippen molar-refractivity contribution >= 4 is 14.0 Å². The molecule has 0 saturated heterocycles. The molecule has 22 heavy (non-hydrogen) atoms. The maximum Gasteiger partial charge on any atom is 0.537 e. The molecule has 0 bridgehead atoms. The largest absolute Gasteiger partial charge is 0.537 e. The van der Waals surface area contributed by atoms with Crippen molar-refractivity contribution in [2.45, 2.75) is 59.8 Å². The van der Waals surface area contributed by atoms with E-state index in [1.54, 1.807) is 0 Å². The van der Waals surface area contributed by atoms with Gasteiger partial charge in [0.05, 0.1) is 0 Å². The molecule has 0 saturated carbocycles. The number of rotatable bonds is 12. The normalized spacial score (nSPS) is 11.8. The third-order valence-corrected chi connectivity index (χ3v) is 6.68. The van der Waals surface area contributed by atoms with Crippen molar-refractivity contribution in [2.75, 3.05) is 19.8 Å². The Morgan fingerprint density at radius 2 is 1.27 bits per heavy atom. The zero-order chi connectivity index (χ0) is 16.3. The molecule has 0 atom stereocenters. The minimum absolute atomic E-state index is 0.602. The maximum atomic E-state index is 5.94. The zero-order valence-electron chi connectivity index (χ0n) is 14.7. The molecule has 1 aromatic rings. The average molecular weight is 325 g/mol. The molecule has 0 fully saturated rings. The van der Waals surface area contributed by atoms with Crippen LogP contribution in [0.25, 0.3) is 0 Å². The third kappa shape index (κ3) is 5.84. The number of unbranched alkanes of at least 4 members (excludes halogenated alkanes) is 3. The smallest absolute Gasteiger partial charge is 0.370 e. The Labute approximate surface area is 137 Å². The molecule has 0 heterocycles. The van der Waals surface area contributed by atoms with Crippen molar-refractivity contribution in [1.29, 1.82) is 0 Å². The quantitative estimate of drug-likeness (QED) is 0.428. The summed E-state index contributed by atoms with van der Waals surface area (Å²) in [6.45, 7) is 10.0. The highest BCUT2D eigenvalue weighted by atomic mass is 28.4. The van der Waals surface area contributed by atoms with Gasteiger partial charge in [0.1, 0.15) is 0 Å². The molecule has 0 N–H and O–H groups in total. The third-order valence-electron chi connectivity index (χ3n) is 3.63. The molecule has 1 rings (SSSR count). The van der Waals surface area contributed by atoms with E-state index in [9.17, 15) is 0 Å². The number of benzene rings is 1. The Kier molecular flexibility index (Phi) is 9.63. The summed E-state index contributed by atoms with van der Waals surface area (Å²) >= 11 is 0. The van der Waals surface area contributed by atoms with Gasteiger partial charge in [0.25, 0.3) is 0 Å². The van der Waals surface area contributed by atoms with Crippen LogP contribution in [0.3, 0.4) is 0 Å². The second kappa shape index (κ2) is 10.9. The van der Waals surface area contributed by atoms with E-state index in [1.807, 2.05) is 20.8 Å². The number of hydrogen-bond donors (Lipinski definition) is 0. The summed E-state index contributed by atoms with van der Waals surface area (Å²) in [6, 6.07) is 8.64. The van der Waals surface area contributed by atoms with E-state index in [0.29, 0.717) is 19.8 Å². The molecule has 0 aromatic heterocycles. The van der Waals surface area contributed by atoms with E-state index in [4.69, 9.17) is 13.3 Å². The van der Waals surface area contributed by atoms with Crippen LogP contribution in [0.4, 0.5) is 0 Å². The lowest BCUT2D eigenvalue weighted by atomic mass is 10.1. The van der Waals surface area contributed by atoms with E-state index in [-0.39, 0.29) is 0 Å². The van der Waals surface area contributed by atoms with Crippen molar-refractivity contribution in [2.24, 2.45) is 0 Å². The SMILES string of the molecule is CCCCCCc1ccc([Si](OCC)(OCC)OCC)cc1. The Bertz CT molecular complexity index is 375. The predicted molar refractivity (Wildman–Crippen MR) is 94.6 cm³/mol. The molecule has 3 nitrogen and oxygen atoms in total. The zero-order valence-corrected chi connectivity index (χ0v) is 15.7. The molecule has 126 valence electrons. The van der Waals surface area contributed by atoms with Crippen LogP contribution < -0.4 is 5.19 Å². The Hall–Kier alpha value is -0.683. The summed E-state index contributed by atoms with van der Waals surface area (Å²) in [7, 11) is -2.74. The fourth-order valence-corrected chi connectivity index (χ4v) is 5.04. The van der Waals surface area contributed by atoms with Crippen molar-refractivity contribution in [3.8, 4) is 0 Å². The van der Waals surface area contributed by atoms with Crippen LogP contribution in [-0.4, -0.2) is 28.6 Å². The van der Waals surface area contributed by atoms with Crippen LogP contribution in [-0.2, 0) is 19.7 Å². The van der Waals surface area contributed by atoms with Crippen LogP contribution >= 0.6 is 0 Å². The van der Waals surface area contributed by atoms with Crippen molar-refractivity contribution in [3.05, 3.63) is 29.8 Å². The highest BCUT2D eigenvalue weighted by molar-refractivity contribution is 6.75. The van der Waals surface area contributed by atoms with Gasteiger partial charge in [-0.3, -0.25) is 0 Å². The van der Waals surface area contributed by atoms with Crippen LogP contribution in [0.1, 0.15) is 58.9 Å². The molecule has 0 radical (unpaired) electrons. The topological polar surface area (TPSA) is 27.7 Å². The lowest BCUT2D eigenvalue weighted by Crippen LogP contribution is -2.56. The van der Waals surface area contributed by atoms with Crippen LogP contribution in [0.5, 0.6) is 0 Å². The summed E-state index contributed by atoms with van der Waals surface area (Å²) in [5, 5.41) is 1.07. The lowest BCUT2D eigenvalue weighted by molar-refractivity contribution is 0.0859. The van der Waals surface area contributed by atoms with Gasteiger partial charge in [-0.15, -0.1) is 0 Å². The molecule has 0 aliphatic carbocycles. The van der Waals surface area contributed by atoms with Gasteiger partial charge in [0, 0.05) is 25.0 Å². The summed E-state index contributed by atoms with van der Waals surface area (Å²) < 4.78 is 17.8. The van der Waals surface area contributed by atoms with Crippen LogP contribution in [0, 0.1) is 0 Å². The van der Waals surface area contributed by atoms with Gasteiger partial charge in [-0.2, -0.15) is 0 Å². The first-order valence-corrected chi connectivity index (χ1v) is 10.5. The Balaban J connectivity index is 2.78. The summed E-state index contributed by atoms with van der Waals surface area (Å²) in [6.07, 6.45) is 6.33. The first-order valence-electron chi connectivity index (χ1n) is 8.73. The van der Waals surface area contributed by atoms with E-state index >= 15 is 0 Å². The van der Waals surface area contributed by atoms with Crippen molar-refractivity contribution in [3.63, 3.8) is 0 Å². The highest BCUT2D eigenvalue weighted by Gasteiger charge is 2.43. The molecular weight excluding hydrogens is 292 g/mol. The molecule has 0 spiro atoms.